The highest BCUT2D eigenvalue weighted by Crippen LogP contribution is 2.05. The minimum Gasteiger partial charge on any atom is -0.354 e. The molecule has 0 fully saturated rings. The maximum absolute atomic E-state index is 5.67. The number of aromatic nitrogens is 5. The molecule has 84 valence electrons. The molecule has 0 atom stereocenters. The third-order valence-corrected chi connectivity index (χ3v) is 2.09. The monoisotopic (exact) mass is 238 g/mol. The fourth-order valence-electron chi connectivity index (χ4n) is 1.19. The van der Waals surface area contributed by atoms with Gasteiger partial charge >= 0.3 is 0 Å². The van der Waals surface area contributed by atoms with Gasteiger partial charge in [-0.2, -0.15) is 5.10 Å². The van der Waals surface area contributed by atoms with Crippen molar-refractivity contribution in [2.24, 2.45) is 7.05 Å². The number of halogens is 1. The van der Waals surface area contributed by atoms with Gasteiger partial charge in [0, 0.05) is 20.0 Å². The molecular weight excluding hydrogens is 228 g/mol. The first-order valence-corrected chi connectivity index (χ1v) is 5.18. The van der Waals surface area contributed by atoms with E-state index in [4.69, 9.17) is 11.6 Å². The van der Waals surface area contributed by atoms with Gasteiger partial charge < -0.3 is 5.32 Å². The number of nitrogens with zero attached hydrogens (tertiary/aromatic N) is 5. The van der Waals surface area contributed by atoms with Crippen molar-refractivity contribution >= 4 is 17.5 Å². The van der Waals surface area contributed by atoms with Crippen LogP contribution in [0.2, 0.25) is 5.02 Å². The summed E-state index contributed by atoms with van der Waals surface area (Å²) in [4.78, 5) is 12.1. The summed E-state index contributed by atoms with van der Waals surface area (Å²) in [5, 5.41) is 7.74. The Morgan fingerprint density at radius 2 is 2.06 bits per heavy atom. The SMILES string of the molecule is Cn1cnc(CCNc2ncc(Cl)cn2)n1. The van der Waals surface area contributed by atoms with Crippen molar-refractivity contribution in [3.05, 3.63) is 29.6 Å². The second-order valence-electron chi connectivity index (χ2n) is 3.24. The molecule has 0 saturated carbocycles. The number of aryl methyl sites for hydroxylation is 1. The summed E-state index contributed by atoms with van der Waals surface area (Å²) in [5.74, 6) is 1.35. The molecule has 7 heteroatoms. The van der Waals surface area contributed by atoms with Gasteiger partial charge in [-0.1, -0.05) is 11.6 Å². The highest BCUT2D eigenvalue weighted by Gasteiger charge is 1.99. The summed E-state index contributed by atoms with van der Waals surface area (Å²) >= 11 is 5.67. The fraction of sp³-hybridized carbons (Fsp3) is 0.333. The largest absolute Gasteiger partial charge is 0.354 e. The van der Waals surface area contributed by atoms with Crippen molar-refractivity contribution in [3.8, 4) is 0 Å². The average molecular weight is 239 g/mol. The van der Waals surface area contributed by atoms with Crippen LogP contribution in [0, 0.1) is 0 Å². The van der Waals surface area contributed by atoms with Crippen molar-refractivity contribution in [2.75, 3.05) is 11.9 Å². The summed E-state index contributed by atoms with van der Waals surface area (Å²) < 4.78 is 1.67. The molecular formula is C9H11ClN6. The smallest absolute Gasteiger partial charge is 0.222 e. The van der Waals surface area contributed by atoms with Crippen molar-refractivity contribution in [3.63, 3.8) is 0 Å². The molecule has 0 aliphatic rings. The molecule has 16 heavy (non-hydrogen) atoms. The van der Waals surface area contributed by atoms with Gasteiger partial charge in [-0.15, -0.1) is 0 Å². The Morgan fingerprint density at radius 3 is 2.69 bits per heavy atom. The first-order valence-electron chi connectivity index (χ1n) is 4.80. The summed E-state index contributed by atoms with van der Waals surface area (Å²) in [6.45, 7) is 0.686. The van der Waals surface area contributed by atoms with Crippen LogP contribution in [0.15, 0.2) is 18.7 Å². The summed E-state index contributed by atoms with van der Waals surface area (Å²) in [6.07, 6.45) is 5.51. The standard InChI is InChI=1S/C9H11ClN6/c1-16-6-14-8(15-16)2-3-11-9-12-4-7(10)5-13-9/h4-6H,2-3H2,1H3,(H,11,12,13). The molecule has 2 heterocycles. The van der Waals surface area contributed by atoms with Crippen LogP contribution in [-0.2, 0) is 13.5 Å². The lowest BCUT2D eigenvalue weighted by Crippen LogP contribution is -2.08. The van der Waals surface area contributed by atoms with Crippen molar-refractivity contribution in [1.82, 2.24) is 24.7 Å². The lowest BCUT2D eigenvalue weighted by molar-refractivity contribution is 0.741. The van der Waals surface area contributed by atoms with Crippen molar-refractivity contribution < 1.29 is 0 Å². The zero-order valence-electron chi connectivity index (χ0n) is 8.76. The summed E-state index contributed by atoms with van der Waals surface area (Å²) in [6, 6.07) is 0. The van der Waals surface area contributed by atoms with Crippen LogP contribution in [0.25, 0.3) is 0 Å². The zero-order chi connectivity index (χ0) is 11.4. The summed E-state index contributed by atoms with van der Waals surface area (Å²) in [5.41, 5.74) is 0. The van der Waals surface area contributed by atoms with Crippen molar-refractivity contribution in [1.29, 1.82) is 0 Å². The molecule has 2 aromatic heterocycles. The maximum atomic E-state index is 5.67. The first kappa shape index (κ1) is 10.8. The van der Waals surface area contributed by atoms with Crippen LogP contribution in [0.3, 0.4) is 0 Å². The van der Waals surface area contributed by atoms with E-state index in [2.05, 4.69) is 25.4 Å². The van der Waals surface area contributed by atoms with E-state index in [0.29, 0.717) is 17.5 Å². The third-order valence-electron chi connectivity index (χ3n) is 1.90. The molecule has 1 N–H and O–H groups in total. The second kappa shape index (κ2) is 4.89. The molecule has 2 aromatic rings. The molecule has 0 amide bonds. The highest BCUT2D eigenvalue weighted by atomic mass is 35.5. The van der Waals surface area contributed by atoms with Crippen LogP contribution in [-0.4, -0.2) is 31.3 Å². The van der Waals surface area contributed by atoms with Crippen LogP contribution in [0.1, 0.15) is 5.82 Å². The minimum atomic E-state index is 0.525. The molecule has 6 nitrogen and oxygen atoms in total. The van der Waals surface area contributed by atoms with Gasteiger partial charge in [-0.05, 0) is 0 Å². The van der Waals surface area contributed by atoms with Crippen LogP contribution < -0.4 is 5.32 Å². The van der Waals surface area contributed by atoms with E-state index in [-0.39, 0.29) is 0 Å². The van der Waals surface area contributed by atoms with Gasteiger partial charge in [0.2, 0.25) is 5.95 Å². The summed E-state index contributed by atoms with van der Waals surface area (Å²) in [7, 11) is 1.84. The molecule has 0 aromatic carbocycles. The normalized spacial score (nSPS) is 10.4. The second-order valence-corrected chi connectivity index (χ2v) is 3.67. The van der Waals surface area contributed by atoms with E-state index >= 15 is 0 Å². The molecule has 0 spiro atoms. The molecule has 0 aliphatic heterocycles. The Morgan fingerprint density at radius 1 is 1.31 bits per heavy atom. The molecule has 0 bridgehead atoms. The molecule has 0 unspecified atom stereocenters. The van der Waals surface area contributed by atoms with Crippen LogP contribution >= 0.6 is 11.6 Å². The number of anilines is 1. The van der Waals surface area contributed by atoms with E-state index in [0.717, 1.165) is 12.2 Å². The Balaban J connectivity index is 1.82. The Bertz CT molecular complexity index is 451. The predicted octanol–water partition coefficient (Wildman–Crippen LogP) is 0.913. The predicted molar refractivity (Wildman–Crippen MR) is 60.2 cm³/mol. The van der Waals surface area contributed by atoms with Crippen molar-refractivity contribution in [2.45, 2.75) is 6.42 Å². The molecule has 0 aliphatic carbocycles. The van der Waals surface area contributed by atoms with Crippen LogP contribution in [0.4, 0.5) is 5.95 Å². The van der Waals surface area contributed by atoms with Gasteiger partial charge in [0.25, 0.3) is 0 Å². The number of hydrogen-bond donors (Lipinski definition) is 1. The number of rotatable bonds is 4. The van der Waals surface area contributed by atoms with Gasteiger partial charge in [0.1, 0.15) is 6.33 Å². The van der Waals surface area contributed by atoms with Gasteiger partial charge in [0.05, 0.1) is 17.4 Å². The lowest BCUT2D eigenvalue weighted by atomic mass is 10.4. The van der Waals surface area contributed by atoms with E-state index in [1.165, 1.54) is 0 Å². The average Bonchev–Trinajstić information content (AvgIpc) is 2.67. The van der Waals surface area contributed by atoms with E-state index in [1.54, 1.807) is 23.4 Å². The third kappa shape index (κ3) is 2.90. The Labute approximate surface area is 97.7 Å². The van der Waals surface area contributed by atoms with E-state index in [1.807, 2.05) is 7.05 Å². The van der Waals surface area contributed by atoms with E-state index < -0.39 is 0 Å². The molecule has 0 saturated heterocycles. The number of hydrogen-bond acceptors (Lipinski definition) is 5. The topological polar surface area (TPSA) is 68.5 Å². The lowest BCUT2D eigenvalue weighted by Gasteiger charge is -2.01. The molecule has 2 rings (SSSR count). The van der Waals surface area contributed by atoms with E-state index in [9.17, 15) is 0 Å². The minimum absolute atomic E-state index is 0.525. The highest BCUT2D eigenvalue weighted by molar-refractivity contribution is 6.30. The van der Waals surface area contributed by atoms with Gasteiger partial charge in [0.15, 0.2) is 5.82 Å². The fourth-order valence-corrected chi connectivity index (χ4v) is 1.29. The molecule has 0 radical (unpaired) electrons. The zero-order valence-corrected chi connectivity index (χ0v) is 9.52. The maximum Gasteiger partial charge on any atom is 0.222 e. The number of nitrogens with one attached hydrogen (secondary N) is 1. The Hall–Kier alpha value is -1.69. The van der Waals surface area contributed by atoms with Gasteiger partial charge in [-0.3, -0.25) is 4.68 Å². The first-order chi connectivity index (χ1) is 7.74. The van der Waals surface area contributed by atoms with Crippen LogP contribution in [0.5, 0.6) is 0 Å². The Kier molecular flexibility index (Phi) is 3.31. The van der Waals surface area contributed by atoms with Gasteiger partial charge in [-0.25, -0.2) is 15.0 Å². The quantitative estimate of drug-likeness (QED) is 0.858.